The molecule has 1 fully saturated rings. The molecule has 0 bridgehead atoms. The van der Waals surface area contributed by atoms with E-state index < -0.39 is 30.4 Å². The first-order valence-corrected chi connectivity index (χ1v) is 10.2. The number of thioether (sulfide) groups is 1. The second-order valence-corrected chi connectivity index (χ2v) is 8.87. The largest absolute Gasteiger partial charge is 1.00 e. The van der Waals surface area contributed by atoms with Crippen LogP contribution in [0.3, 0.4) is 0 Å². The van der Waals surface area contributed by atoms with Crippen LogP contribution < -0.4 is 74.2 Å². The van der Waals surface area contributed by atoms with Gasteiger partial charge in [0.25, 0.3) is 5.91 Å². The molecule has 2 atom stereocenters. The van der Waals surface area contributed by atoms with Gasteiger partial charge in [0, 0.05) is 10.6 Å². The number of nitrogens with one attached hydrogen (secondary N) is 1. The molecule has 0 aliphatic carbocycles. The predicted octanol–water partition coefficient (Wildman–Crippen LogP) is -6.16. The minimum atomic E-state index is -5.02. The molecule has 7 nitrogen and oxygen atoms in total. The minimum absolute atomic E-state index is 0. The summed E-state index contributed by atoms with van der Waals surface area (Å²) in [4.78, 5) is 48.9. The van der Waals surface area contributed by atoms with E-state index in [0.717, 1.165) is 9.78 Å². The van der Waals surface area contributed by atoms with Gasteiger partial charge in [0.2, 0.25) is 5.91 Å². The van der Waals surface area contributed by atoms with Crippen LogP contribution in [0.15, 0.2) is 28.5 Å². The van der Waals surface area contributed by atoms with E-state index in [1.54, 1.807) is 0 Å². The standard InChI is InChI=1S/C13H15N2O5PS2.2Na/c1-7-6-23-13-10(11(17)15(13)12(7)21(18,19)20)14-9(16)5-8-3-2-4-22-8;;/h2-4,10,13H,5-6H2,1H3,(H,14,16)(H2,18,19,20);;/q;2*+1/p-2/t10-,13-;;/m1../s1. The Morgan fingerprint density at radius 3 is 2.68 bits per heavy atom. The van der Waals surface area contributed by atoms with Gasteiger partial charge in [-0.05, 0) is 31.5 Å². The summed E-state index contributed by atoms with van der Waals surface area (Å²) in [6.45, 7) is 1.52. The Balaban J connectivity index is 0.00000156. The van der Waals surface area contributed by atoms with Gasteiger partial charge in [-0.25, -0.2) is 0 Å². The van der Waals surface area contributed by atoms with E-state index in [1.807, 2.05) is 17.5 Å². The van der Waals surface area contributed by atoms with Crippen molar-refractivity contribution in [2.24, 2.45) is 0 Å². The Hall–Kier alpha value is 0.880. The normalized spacial score (nSPS) is 22.4. The average molecular weight is 418 g/mol. The number of hydrogen-bond donors (Lipinski definition) is 1. The summed E-state index contributed by atoms with van der Waals surface area (Å²) in [5.41, 5.74) is -0.0636. The van der Waals surface area contributed by atoms with Crippen LogP contribution in [0.1, 0.15) is 11.8 Å². The molecule has 0 aromatic carbocycles. The molecule has 25 heavy (non-hydrogen) atoms. The zero-order valence-corrected chi connectivity index (χ0v) is 20.6. The SMILES string of the molecule is CC1=C(P(=O)([O-])[O-])N2C(=O)[C@@H](NC(=O)Cc3cccs3)[C@H]2SC1.[Na+].[Na+]. The van der Waals surface area contributed by atoms with Crippen LogP contribution in [0.5, 0.6) is 0 Å². The molecule has 3 rings (SSSR count). The van der Waals surface area contributed by atoms with E-state index in [-0.39, 0.29) is 71.4 Å². The topological polar surface area (TPSA) is 113 Å². The molecule has 12 heteroatoms. The second kappa shape index (κ2) is 9.39. The third-order valence-corrected chi connectivity index (χ3v) is 7.03. The quantitative estimate of drug-likeness (QED) is 0.296. The van der Waals surface area contributed by atoms with Gasteiger partial charge < -0.3 is 19.7 Å². The third-order valence-electron chi connectivity index (χ3n) is 3.61. The monoisotopic (exact) mass is 418 g/mol. The van der Waals surface area contributed by atoms with Gasteiger partial charge in [0.15, 0.2) is 0 Å². The van der Waals surface area contributed by atoms with Crippen LogP contribution in [0, 0.1) is 0 Å². The van der Waals surface area contributed by atoms with Crippen LogP contribution in [0.4, 0.5) is 0 Å². The number of carbonyl (C=O) groups is 2. The first-order valence-electron chi connectivity index (χ1n) is 6.78. The van der Waals surface area contributed by atoms with Crippen LogP contribution in [-0.2, 0) is 20.6 Å². The molecule has 1 saturated heterocycles. The number of amides is 2. The number of β-lactam (4-membered cyclic amide) rings is 1. The number of rotatable bonds is 4. The van der Waals surface area contributed by atoms with Gasteiger partial charge in [-0.3, -0.25) is 14.5 Å². The van der Waals surface area contributed by atoms with Crippen molar-refractivity contribution in [1.82, 2.24) is 10.2 Å². The Labute approximate surface area is 197 Å². The minimum Gasteiger partial charge on any atom is -0.806 e. The summed E-state index contributed by atoms with van der Waals surface area (Å²) in [5.74, 6) is -0.510. The van der Waals surface area contributed by atoms with E-state index in [0.29, 0.717) is 11.3 Å². The number of thiophene rings is 1. The third kappa shape index (κ3) is 5.03. The summed E-state index contributed by atoms with van der Waals surface area (Å²) in [5, 5.41) is 3.95. The summed E-state index contributed by atoms with van der Waals surface area (Å²) in [7, 11) is -5.02. The molecule has 124 valence electrons. The molecule has 1 aromatic heterocycles. The van der Waals surface area contributed by atoms with Gasteiger partial charge in [0.1, 0.15) is 11.4 Å². The molecular weight excluding hydrogens is 405 g/mol. The number of hydrogen-bond acceptors (Lipinski definition) is 7. The van der Waals surface area contributed by atoms with E-state index in [1.165, 1.54) is 30.0 Å². The maximum atomic E-state index is 12.2. The van der Waals surface area contributed by atoms with Crippen molar-refractivity contribution < 1.29 is 83.1 Å². The second-order valence-electron chi connectivity index (χ2n) is 5.31. The van der Waals surface area contributed by atoms with Crippen LogP contribution in [-0.4, -0.2) is 33.9 Å². The summed E-state index contributed by atoms with van der Waals surface area (Å²) in [6, 6.07) is 2.87. The Morgan fingerprint density at radius 2 is 2.12 bits per heavy atom. The molecule has 1 aromatic rings. The van der Waals surface area contributed by atoms with Gasteiger partial charge in [0.05, 0.1) is 11.9 Å². The summed E-state index contributed by atoms with van der Waals surface area (Å²) >= 11 is 2.78. The number of fused-ring (bicyclic) bond motifs is 1. The molecular formula is C13H13N2Na2O5PS2. The van der Waals surface area contributed by atoms with Crippen LogP contribution in [0.2, 0.25) is 0 Å². The van der Waals surface area contributed by atoms with Gasteiger partial charge in [-0.2, -0.15) is 0 Å². The molecule has 0 unspecified atom stereocenters. The first kappa shape index (κ1) is 23.9. The van der Waals surface area contributed by atoms with Gasteiger partial charge >= 0.3 is 59.1 Å². The smallest absolute Gasteiger partial charge is 0.806 e. The molecule has 0 spiro atoms. The maximum Gasteiger partial charge on any atom is 1.00 e. The van der Waals surface area contributed by atoms with E-state index in [9.17, 15) is 23.9 Å². The molecule has 1 N–H and O–H groups in total. The summed E-state index contributed by atoms with van der Waals surface area (Å²) < 4.78 is 11.4. The molecule has 2 amide bonds. The Kier molecular flexibility index (Phi) is 8.98. The molecule has 2 aliphatic heterocycles. The number of nitrogens with zero attached hydrogens (tertiary/aromatic N) is 1. The van der Waals surface area contributed by atoms with E-state index in [2.05, 4.69) is 5.32 Å². The van der Waals surface area contributed by atoms with Crippen molar-refractivity contribution in [1.29, 1.82) is 0 Å². The molecule has 2 aliphatic rings. The predicted molar refractivity (Wildman–Crippen MR) is 83.4 cm³/mol. The molecule has 3 heterocycles. The van der Waals surface area contributed by atoms with Crippen molar-refractivity contribution in [3.8, 4) is 0 Å². The molecule has 0 saturated carbocycles. The van der Waals surface area contributed by atoms with Crippen molar-refractivity contribution in [2.45, 2.75) is 24.8 Å². The Bertz CT molecular complexity index is 737. The van der Waals surface area contributed by atoms with Crippen LogP contribution >= 0.6 is 30.7 Å². The van der Waals surface area contributed by atoms with E-state index >= 15 is 0 Å². The first-order chi connectivity index (χ1) is 10.8. The fourth-order valence-electron chi connectivity index (χ4n) is 2.63. The zero-order chi connectivity index (χ0) is 16.8. The van der Waals surface area contributed by atoms with E-state index in [4.69, 9.17) is 0 Å². The molecule has 0 radical (unpaired) electrons. The van der Waals surface area contributed by atoms with Crippen molar-refractivity contribution in [3.63, 3.8) is 0 Å². The van der Waals surface area contributed by atoms with Crippen molar-refractivity contribution in [2.75, 3.05) is 5.75 Å². The van der Waals surface area contributed by atoms with Gasteiger partial charge in [-0.15, -0.1) is 23.1 Å². The zero-order valence-electron chi connectivity index (χ0n) is 14.1. The number of carbonyl (C=O) groups excluding carboxylic acids is 2. The maximum absolute atomic E-state index is 12.2. The average Bonchev–Trinajstić information content (AvgIpc) is 2.96. The Morgan fingerprint density at radius 1 is 1.44 bits per heavy atom. The van der Waals surface area contributed by atoms with Crippen molar-refractivity contribution in [3.05, 3.63) is 33.4 Å². The fraction of sp³-hybridized carbons (Fsp3) is 0.385. The fourth-order valence-corrected chi connectivity index (χ4v) is 5.85. The van der Waals surface area contributed by atoms with Gasteiger partial charge in [-0.1, -0.05) is 6.07 Å². The summed E-state index contributed by atoms with van der Waals surface area (Å²) in [6.07, 6.45) is 0.169. The van der Waals surface area contributed by atoms with Crippen molar-refractivity contribution >= 4 is 42.5 Å². The van der Waals surface area contributed by atoms with Crippen LogP contribution in [0.25, 0.3) is 0 Å².